The highest BCUT2D eigenvalue weighted by Crippen LogP contribution is 2.02. The maximum Gasteiger partial charge on any atom is 0.314 e. The number of ether oxygens (including phenoxy) is 1. The Morgan fingerprint density at radius 2 is 2.24 bits per heavy atom. The lowest BCUT2D eigenvalue weighted by Crippen LogP contribution is -2.49. The molecule has 2 amide bonds. The number of carbonyl (C=O) groups excluding carboxylic acids is 1. The number of aromatic nitrogens is 1. The molecular formula is C15H24N4O2. The molecule has 1 aromatic heterocycles. The Balaban J connectivity index is 1.58. The number of nitrogens with one attached hydrogen (secondary N) is 2. The molecule has 1 aliphatic rings. The summed E-state index contributed by atoms with van der Waals surface area (Å²) in [5.41, 5.74) is 1.12. The predicted octanol–water partition coefficient (Wildman–Crippen LogP) is 0.644. The molecule has 2 heterocycles. The van der Waals surface area contributed by atoms with Gasteiger partial charge in [-0.1, -0.05) is 6.07 Å². The van der Waals surface area contributed by atoms with Crippen LogP contribution in [0.3, 0.4) is 0 Å². The molecule has 1 fully saturated rings. The van der Waals surface area contributed by atoms with Crippen LogP contribution in [0.5, 0.6) is 0 Å². The van der Waals surface area contributed by atoms with E-state index in [0.29, 0.717) is 19.1 Å². The molecule has 1 aromatic rings. The number of pyridine rings is 1. The maximum atomic E-state index is 11.7. The minimum Gasteiger partial charge on any atom is -0.379 e. The zero-order chi connectivity index (χ0) is 14.9. The van der Waals surface area contributed by atoms with Crippen LogP contribution in [0.2, 0.25) is 0 Å². The highest BCUT2D eigenvalue weighted by Gasteiger charge is 2.17. The molecule has 1 unspecified atom stereocenters. The third-order valence-corrected chi connectivity index (χ3v) is 3.65. The minimum absolute atomic E-state index is 0.112. The van der Waals surface area contributed by atoms with Gasteiger partial charge in [-0.3, -0.25) is 9.88 Å². The summed E-state index contributed by atoms with van der Waals surface area (Å²) in [6, 6.07) is 4.13. The van der Waals surface area contributed by atoms with Crippen molar-refractivity contribution in [2.45, 2.75) is 19.4 Å². The number of hydrogen-bond donors (Lipinski definition) is 2. The maximum absolute atomic E-state index is 11.7. The Bertz CT molecular complexity index is 421. The van der Waals surface area contributed by atoms with Gasteiger partial charge in [0.25, 0.3) is 0 Å². The SMILES string of the molecule is CC(CNC(=O)NCCc1cccnc1)N1CCOCC1. The molecule has 0 bridgehead atoms. The van der Waals surface area contributed by atoms with Gasteiger partial charge in [0, 0.05) is 44.6 Å². The van der Waals surface area contributed by atoms with E-state index in [1.165, 1.54) is 0 Å². The van der Waals surface area contributed by atoms with Gasteiger partial charge in [-0.2, -0.15) is 0 Å². The highest BCUT2D eigenvalue weighted by molar-refractivity contribution is 5.73. The van der Waals surface area contributed by atoms with Crippen molar-refractivity contribution < 1.29 is 9.53 Å². The van der Waals surface area contributed by atoms with Crippen LogP contribution in [0.4, 0.5) is 4.79 Å². The first-order valence-electron chi connectivity index (χ1n) is 7.48. The molecule has 2 N–H and O–H groups in total. The van der Waals surface area contributed by atoms with E-state index in [0.717, 1.165) is 38.3 Å². The fourth-order valence-electron chi connectivity index (χ4n) is 2.32. The van der Waals surface area contributed by atoms with Crippen LogP contribution in [-0.4, -0.2) is 61.3 Å². The third kappa shape index (κ3) is 5.69. The average molecular weight is 292 g/mol. The zero-order valence-corrected chi connectivity index (χ0v) is 12.5. The van der Waals surface area contributed by atoms with Crippen molar-refractivity contribution in [3.63, 3.8) is 0 Å². The fourth-order valence-corrected chi connectivity index (χ4v) is 2.32. The van der Waals surface area contributed by atoms with Gasteiger partial charge >= 0.3 is 6.03 Å². The summed E-state index contributed by atoms with van der Waals surface area (Å²) in [6.45, 7) is 6.82. The van der Waals surface area contributed by atoms with Gasteiger partial charge in [0.1, 0.15) is 0 Å². The molecule has 0 aliphatic carbocycles. The summed E-state index contributed by atoms with van der Waals surface area (Å²) in [6.07, 6.45) is 4.36. The molecule has 6 nitrogen and oxygen atoms in total. The van der Waals surface area contributed by atoms with Crippen LogP contribution in [0.1, 0.15) is 12.5 Å². The number of rotatable bonds is 6. The van der Waals surface area contributed by atoms with Crippen LogP contribution in [-0.2, 0) is 11.2 Å². The Morgan fingerprint density at radius 3 is 2.95 bits per heavy atom. The monoisotopic (exact) mass is 292 g/mol. The topological polar surface area (TPSA) is 66.5 Å². The van der Waals surface area contributed by atoms with E-state index in [9.17, 15) is 4.79 Å². The Labute approximate surface area is 125 Å². The molecule has 1 saturated heterocycles. The summed E-state index contributed by atoms with van der Waals surface area (Å²) in [7, 11) is 0. The molecule has 0 radical (unpaired) electrons. The first-order valence-corrected chi connectivity index (χ1v) is 7.48. The van der Waals surface area contributed by atoms with Gasteiger partial charge in [0.05, 0.1) is 13.2 Å². The number of urea groups is 1. The molecule has 0 spiro atoms. The van der Waals surface area contributed by atoms with E-state index in [1.807, 2.05) is 18.3 Å². The van der Waals surface area contributed by atoms with Gasteiger partial charge in [-0.15, -0.1) is 0 Å². The molecular weight excluding hydrogens is 268 g/mol. The second-order valence-electron chi connectivity index (χ2n) is 5.25. The highest BCUT2D eigenvalue weighted by atomic mass is 16.5. The second kappa shape index (κ2) is 8.59. The van der Waals surface area contributed by atoms with Crippen LogP contribution in [0, 0.1) is 0 Å². The van der Waals surface area contributed by atoms with Gasteiger partial charge in [-0.25, -0.2) is 4.79 Å². The van der Waals surface area contributed by atoms with Crippen LogP contribution in [0.25, 0.3) is 0 Å². The normalized spacial score (nSPS) is 17.2. The van der Waals surface area contributed by atoms with Crippen molar-refractivity contribution in [2.75, 3.05) is 39.4 Å². The first kappa shape index (κ1) is 15.7. The summed E-state index contributed by atoms with van der Waals surface area (Å²) in [5.74, 6) is 0. The van der Waals surface area contributed by atoms with Gasteiger partial charge in [0.2, 0.25) is 0 Å². The number of hydrogen-bond acceptors (Lipinski definition) is 4. The molecule has 0 aromatic carbocycles. The lowest BCUT2D eigenvalue weighted by molar-refractivity contribution is 0.0209. The molecule has 6 heteroatoms. The van der Waals surface area contributed by atoms with Crippen molar-refractivity contribution in [2.24, 2.45) is 0 Å². The lowest BCUT2D eigenvalue weighted by atomic mass is 10.2. The molecule has 1 aliphatic heterocycles. The van der Waals surface area contributed by atoms with Crippen molar-refractivity contribution in [3.05, 3.63) is 30.1 Å². The van der Waals surface area contributed by atoms with E-state index >= 15 is 0 Å². The Morgan fingerprint density at radius 1 is 1.43 bits per heavy atom. The summed E-state index contributed by atoms with van der Waals surface area (Å²) in [4.78, 5) is 18.1. The van der Waals surface area contributed by atoms with Crippen LogP contribution in [0.15, 0.2) is 24.5 Å². The van der Waals surface area contributed by atoms with Crippen molar-refractivity contribution in [1.29, 1.82) is 0 Å². The number of morpholine rings is 1. The fraction of sp³-hybridized carbons (Fsp3) is 0.600. The minimum atomic E-state index is -0.112. The quantitative estimate of drug-likeness (QED) is 0.808. The number of nitrogens with zero attached hydrogens (tertiary/aromatic N) is 2. The molecule has 116 valence electrons. The van der Waals surface area contributed by atoms with E-state index < -0.39 is 0 Å². The number of carbonyl (C=O) groups is 1. The van der Waals surface area contributed by atoms with Crippen LogP contribution < -0.4 is 10.6 Å². The molecule has 0 saturated carbocycles. The molecule has 2 rings (SSSR count). The van der Waals surface area contributed by atoms with Gasteiger partial charge in [0.15, 0.2) is 0 Å². The second-order valence-corrected chi connectivity index (χ2v) is 5.25. The zero-order valence-electron chi connectivity index (χ0n) is 12.5. The van der Waals surface area contributed by atoms with Crippen molar-refractivity contribution in [1.82, 2.24) is 20.5 Å². The van der Waals surface area contributed by atoms with Crippen molar-refractivity contribution >= 4 is 6.03 Å². The van der Waals surface area contributed by atoms with E-state index in [1.54, 1.807) is 6.20 Å². The Kier molecular flexibility index (Phi) is 6.43. The molecule has 21 heavy (non-hydrogen) atoms. The van der Waals surface area contributed by atoms with E-state index in [4.69, 9.17) is 4.74 Å². The van der Waals surface area contributed by atoms with E-state index in [2.05, 4.69) is 27.4 Å². The number of amides is 2. The van der Waals surface area contributed by atoms with Crippen molar-refractivity contribution in [3.8, 4) is 0 Å². The van der Waals surface area contributed by atoms with E-state index in [-0.39, 0.29) is 6.03 Å². The Hall–Kier alpha value is -1.66. The largest absolute Gasteiger partial charge is 0.379 e. The van der Waals surface area contributed by atoms with Gasteiger partial charge < -0.3 is 15.4 Å². The standard InChI is InChI=1S/C15H24N4O2/c1-13(19-7-9-21-10-8-19)11-18-15(20)17-6-4-14-3-2-5-16-12-14/h2-3,5,12-13H,4,6-11H2,1H3,(H2,17,18,20). The summed E-state index contributed by atoms with van der Waals surface area (Å²) < 4.78 is 5.32. The van der Waals surface area contributed by atoms with Crippen LogP contribution >= 0.6 is 0 Å². The summed E-state index contributed by atoms with van der Waals surface area (Å²) >= 11 is 0. The van der Waals surface area contributed by atoms with Gasteiger partial charge in [-0.05, 0) is 25.0 Å². The smallest absolute Gasteiger partial charge is 0.314 e. The molecule has 1 atom stereocenters. The first-order chi connectivity index (χ1) is 10.3. The average Bonchev–Trinajstić information content (AvgIpc) is 2.54. The lowest BCUT2D eigenvalue weighted by Gasteiger charge is -2.32. The summed E-state index contributed by atoms with van der Waals surface area (Å²) in [5, 5.41) is 5.79. The predicted molar refractivity (Wildman–Crippen MR) is 81.2 cm³/mol. The third-order valence-electron chi connectivity index (χ3n) is 3.65.